The standard InChI is InChI=1S/C23H30N4O5/c1-23(2,3)32-22(30)26-11-10-17-20(18(26)12-24)21(31-13-19(28)29)25-27(17)16-8-6-15(7-9-16)14-4-5-14/h6-9,14,18H,4-5,10-13,24H2,1-3H3,(H,28,29). The van der Waals surface area contributed by atoms with Gasteiger partial charge in [-0.15, -0.1) is 5.10 Å². The Kier molecular flexibility index (Phi) is 5.85. The molecule has 1 aliphatic carbocycles. The van der Waals surface area contributed by atoms with Crippen molar-refractivity contribution in [2.75, 3.05) is 19.7 Å². The van der Waals surface area contributed by atoms with E-state index < -0.39 is 30.3 Å². The van der Waals surface area contributed by atoms with Crippen LogP contribution in [0.3, 0.4) is 0 Å². The van der Waals surface area contributed by atoms with E-state index in [4.69, 9.17) is 20.3 Å². The minimum absolute atomic E-state index is 0.127. The smallest absolute Gasteiger partial charge is 0.410 e. The number of nitrogens with two attached hydrogens (primary N) is 1. The first-order valence-electron chi connectivity index (χ1n) is 10.9. The van der Waals surface area contributed by atoms with Gasteiger partial charge < -0.3 is 20.3 Å². The lowest BCUT2D eigenvalue weighted by molar-refractivity contribution is -0.139. The van der Waals surface area contributed by atoms with Crippen molar-refractivity contribution < 1.29 is 24.2 Å². The molecule has 1 aliphatic heterocycles. The van der Waals surface area contributed by atoms with Crippen LogP contribution in [0.15, 0.2) is 24.3 Å². The average Bonchev–Trinajstić information content (AvgIpc) is 3.51. The van der Waals surface area contributed by atoms with E-state index in [2.05, 4.69) is 17.2 Å². The Hall–Kier alpha value is -3.07. The van der Waals surface area contributed by atoms with Crippen molar-refractivity contribution in [3.63, 3.8) is 0 Å². The first-order chi connectivity index (χ1) is 15.2. The molecule has 32 heavy (non-hydrogen) atoms. The molecule has 3 N–H and O–H groups in total. The Balaban J connectivity index is 1.71. The van der Waals surface area contributed by atoms with Gasteiger partial charge in [-0.3, -0.25) is 4.90 Å². The second kappa shape index (κ2) is 8.46. The molecule has 0 saturated heterocycles. The molecule has 1 aromatic heterocycles. The number of aromatic nitrogens is 2. The normalized spacial score (nSPS) is 18.2. The van der Waals surface area contributed by atoms with Crippen molar-refractivity contribution >= 4 is 12.1 Å². The second-order valence-corrected chi connectivity index (χ2v) is 9.30. The molecule has 9 nitrogen and oxygen atoms in total. The van der Waals surface area contributed by atoms with Gasteiger partial charge in [0.2, 0.25) is 5.88 Å². The van der Waals surface area contributed by atoms with Crippen molar-refractivity contribution in [2.24, 2.45) is 5.73 Å². The van der Waals surface area contributed by atoms with E-state index in [1.165, 1.54) is 18.4 Å². The zero-order valence-corrected chi connectivity index (χ0v) is 18.7. The average molecular weight is 443 g/mol. The number of carboxylic acids is 1. The summed E-state index contributed by atoms with van der Waals surface area (Å²) in [6, 6.07) is 7.71. The van der Waals surface area contributed by atoms with Gasteiger partial charge in [0, 0.05) is 19.5 Å². The first kappa shape index (κ1) is 22.1. The number of hydrogen-bond acceptors (Lipinski definition) is 6. The Morgan fingerprint density at radius 1 is 1.22 bits per heavy atom. The fourth-order valence-electron chi connectivity index (χ4n) is 4.09. The molecule has 1 saturated carbocycles. The number of amides is 1. The van der Waals surface area contributed by atoms with Crippen LogP contribution in [0.1, 0.15) is 62.4 Å². The summed E-state index contributed by atoms with van der Waals surface area (Å²) in [4.78, 5) is 25.5. The minimum atomic E-state index is -1.11. The number of benzene rings is 1. The van der Waals surface area contributed by atoms with Gasteiger partial charge in [0.05, 0.1) is 23.0 Å². The predicted molar refractivity (Wildman–Crippen MR) is 117 cm³/mol. The number of ether oxygens (including phenoxy) is 2. The van der Waals surface area contributed by atoms with E-state index in [-0.39, 0.29) is 12.4 Å². The van der Waals surface area contributed by atoms with Gasteiger partial charge in [-0.1, -0.05) is 12.1 Å². The summed E-state index contributed by atoms with van der Waals surface area (Å²) in [5, 5.41) is 13.7. The van der Waals surface area contributed by atoms with Crippen LogP contribution in [0.25, 0.3) is 5.69 Å². The fourth-order valence-corrected chi connectivity index (χ4v) is 4.09. The van der Waals surface area contributed by atoms with Crippen molar-refractivity contribution in [2.45, 2.75) is 57.6 Å². The van der Waals surface area contributed by atoms with Crippen molar-refractivity contribution in [3.8, 4) is 11.6 Å². The zero-order chi connectivity index (χ0) is 23.0. The van der Waals surface area contributed by atoms with E-state index in [0.29, 0.717) is 24.4 Å². The van der Waals surface area contributed by atoms with Crippen LogP contribution in [-0.4, -0.2) is 57.1 Å². The Labute approximate surface area is 187 Å². The van der Waals surface area contributed by atoms with Gasteiger partial charge in [-0.05, 0) is 57.2 Å². The van der Waals surface area contributed by atoms with Crippen LogP contribution >= 0.6 is 0 Å². The van der Waals surface area contributed by atoms with E-state index >= 15 is 0 Å². The van der Waals surface area contributed by atoms with E-state index in [1.54, 1.807) is 9.58 Å². The third-order valence-electron chi connectivity index (χ3n) is 5.66. The maximum atomic E-state index is 12.8. The third-order valence-corrected chi connectivity index (χ3v) is 5.66. The number of aliphatic carboxylic acids is 1. The van der Waals surface area contributed by atoms with Gasteiger partial charge in [0.25, 0.3) is 0 Å². The largest absolute Gasteiger partial charge is 0.479 e. The van der Waals surface area contributed by atoms with E-state index in [9.17, 15) is 9.59 Å². The molecule has 2 aliphatic rings. The molecule has 1 unspecified atom stereocenters. The Bertz CT molecular complexity index is 1000. The van der Waals surface area contributed by atoms with Crippen molar-refractivity contribution in [1.29, 1.82) is 0 Å². The SMILES string of the molecule is CC(C)(C)OC(=O)N1CCc2c(c(OCC(=O)O)nn2-c2ccc(C3CC3)cc2)C1CN. The molecule has 0 radical (unpaired) electrons. The lowest BCUT2D eigenvalue weighted by Gasteiger charge is -2.36. The number of carboxylic acid groups (broad SMARTS) is 1. The molecule has 1 fully saturated rings. The highest BCUT2D eigenvalue weighted by molar-refractivity contribution is 5.70. The first-order valence-corrected chi connectivity index (χ1v) is 10.9. The van der Waals surface area contributed by atoms with Gasteiger partial charge in [-0.25, -0.2) is 14.3 Å². The fraction of sp³-hybridized carbons (Fsp3) is 0.522. The lowest BCUT2D eigenvalue weighted by atomic mass is 9.98. The quantitative estimate of drug-likeness (QED) is 0.705. The van der Waals surface area contributed by atoms with Crippen LogP contribution in [0.4, 0.5) is 4.79 Å². The third kappa shape index (κ3) is 4.57. The Morgan fingerprint density at radius 2 is 1.91 bits per heavy atom. The van der Waals surface area contributed by atoms with Crippen molar-refractivity contribution in [3.05, 3.63) is 41.1 Å². The van der Waals surface area contributed by atoms with E-state index in [1.807, 2.05) is 32.9 Å². The summed E-state index contributed by atoms with van der Waals surface area (Å²) in [5.74, 6) is -0.280. The summed E-state index contributed by atoms with van der Waals surface area (Å²) >= 11 is 0. The molecule has 1 atom stereocenters. The minimum Gasteiger partial charge on any atom is -0.479 e. The molecule has 2 aromatic rings. The van der Waals surface area contributed by atoms with Crippen molar-refractivity contribution in [1.82, 2.24) is 14.7 Å². The van der Waals surface area contributed by atoms with Crippen LogP contribution < -0.4 is 10.5 Å². The molecule has 172 valence electrons. The molecular formula is C23H30N4O5. The summed E-state index contributed by atoms with van der Waals surface area (Å²) in [7, 11) is 0. The van der Waals surface area contributed by atoms with Gasteiger partial charge >= 0.3 is 12.1 Å². The highest BCUT2D eigenvalue weighted by Gasteiger charge is 2.38. The summed E-state index contributed by atoms with van der Waals surface area (Å²) < 4.78 is 12.9. The van der Waals surface area contributed by atoms with Gasteiger partial charge in [0.1, 0.15) is 5.60 Å². The van der Waals surface area contributed by atoms with Gasteiger partial charge in [0.15, 0.2) is 6.61 Å². The van der Waals surface area contributed by atoms with Crippen LogP contribution in [-0.2, 0) is 16.0 Å². The topological polar surface area (TPSA) is 120 Å². The molecule has 4 rings (SSSR count). The maximum Gasteiger partial charge on any atom is 0.410 e. The number of nitrogens with zero attached hydrogens (tertiary/aromatic N) is 3. The predicted octanol–water partition coefficient (Wildman–Crippen LogP) is 3.01. The maximum absolute atomic E-state index is 12.8. The molecule has 9 heteroatoms. The number of fused-ring (bicyclic) bond motifs is 1. The van der Waals surface area contributed by atoms with Crippen LogP contribution in [0, 0.1) is 0 Å². The zero-order valence-electron chi connectivity index (χ0n) is 18.7. The van der Waals surface area contributed by atoms with Crippen LogP contribution in [0.5, 0.6) is 5.88 Å². The highest BCUT2D eigenvalue weighted by Crippen LogP contribution is 2.41. The lowest BCUT2D eigenvalue weighted by Crippen LogP contribution is -2.45. The summed E-state index contributed by atoms with van der Waals surface area (Å²) in [6.07, 6.45) is 2.49. The molecule has 0 spiro atoms. The molecular weight excluding hydrogens is 412 g/mol. The molecule has 0 bridgehead atoms. The number of carbonyl (C=O) groups is 2. The second-order valence-electron chi connectivity index (χ2n) is 9.30. The summed E-state index contributed by atoms with van der Waals surface area (Å²) in [5.41, 5.74) is 9.11. The van der Waals surface area contributed by atoms with Gasteiger partial charge in [-0.2, -0.15) is 0 Å². The van der Waals surface area contributed by atoms with E-state index in [0.717, 1.165) is 11.4 Å². The Morgan fingerprint density at radius 3 is 2.47 bits per heavy atom. The molecule has 1 aromatic carbocycles. The number of carbonyl (C=O) groups excluding carboxylic acids is 1. The van der Waals surface area contributed by atoms with Crippen LogP contribution in [0.2, 0.25) is 0 Å². The monoisotopic (exact) mass is 442 g/mol. The number of hydrogen-bond donors (Lipinski definition) is 2. The number of rotatable bonds is 6. The summed E-state index contributed by atoms with van der Waals surface area (Å²) in [6.45, 7) is 5.43. The highest BCUT2D eigenvalue weighted by atomic mass is 16.6. The molecule has 2 heterocycles. The molecule has 1 amide bonds.